The summed E-state index contributed by atoms with van der Waals surface area (Å²) in [5, 5.41) is 3.40. The monoisotopic (exact) mass is 295 g/mol. The van der Waals surface area contributed by atoms with Crippen molar-refractivity contribution in [3.8, 4) is 0 Å². The van der Waals surface area contributed by atoms with Crippen molar-refractivity contribution < 1.29 is 9.47 Å². The van der Waals surface area contributed by atoms with Crippen molar-refractivity contribution in [2.45, 2.75) is 39.3 Å². The fourth-order valence-corrected chi connectivity index (χ4v) is 2.12. The molecule has 0 aliphatic rings. The second-order valence-corrected chi connectivity index (χ2v) is 6.25. The Morgan fingerprint density at radius 3 is 2.52 bits per heavy atom. The number of nitrogens with zero attached hydrogens (tertiary/aromatic N) is 2. The summed E-state index contributed by atoms with van der Waals surface area (Å²) in [6.45, 7) is 10.6. The van der Waals surface area contributed by atoms with Crippen LogP contribution < -0.4 is 10.2 Å². The zero-order chi connectivity index (χ0) is 15.9. The molecular formula is C16H29N3O2. The second kappa shape index (κ2) is 8.20. The largest absolute Gasteiger partial charge is 0.383 e. The fraction of sp³-hybridized carbons (Fsp3) is 0.688. The van der Waals surface area contributed by atoms with Gasteiger partial charge in [-0.2, -0.15) is 0 Å². The van der Waals surface area contributed by atoms with E-state index in [0.717, 1.165) is 18.2 Å². The molecule has 120 valence electrons. The molecule has 1 heterocycles. The number of methoxy groups -OCH3 is 2. The van der Waals surface area contributed by atoms with Gasteiger partial charge in [-0.3, -0.25) is 0 Å². The van der Waals surface area contributed by atoms with Gasteiger partial charge in [0, 0.05) is 26.3 Å². The maximum atomic E-state index is 5.27. The van der Waals surface area contributed by atoms with Crippen LogP contribution in [0.15, 0.2) is 18.2 Å². The zero-order valence-electron chi connectivity index (χ0n) is 14.1. The molecule has 1 aromatic heterocycles. The highest BCUT2D eigenvalue weighted by Crippen LogP contribution is 2.19. The van der Waals surface area contributed by atoms with Crippen molar-refractivity contribution >= 4 is 11.6 Å². The number of ether oxygens (including phenoxy) is 2. The highest BCUT2D eigenvalue weighted by Gasteiger charge is 2.17. The van der Waals surface area contributed by atoms with E-state index < -0.39 is 0 Å². The molecule has 5 nitrogen and oxygen atoms in total. The quantitative estimate of drug-likeness (QED) is 0.799. The van der Waals surface area contributed by atoms with Gasteiger partial charge in [0.1, 0.15) is 11.6 Å². The lowest BCUT2D eigenvalue weighted by Crippen LogP contribution is -2.39. The van der Waals surface area contributed by atoms with Crippen LogP contribution in [0.1, 0.15) is 27.7 Å². The smallest absolute Gasteiger partial charge is 0.131 e. The molecule has 1 N–H and O–H groups in total. The number of anilines is 2. The molecule has 0 radical (unpaired) electrons. The molecule has 0 aliphatic heterocycles. The molecule has 1 atom stereocenters. The van der Waals surface area contributed by atoms with Crippen LogP contribution in [0.2, 0.25) is 0 Å². The van der Waals surface area contributed by atoms with Gasteiger partial charge in [-0.05, 0) is 39.8 Å². The van der Waals surface area contributed by atoms with Crippen molar-refractivity contribution in [1.82, 2.24) is 4.98 Å². The van der Waals surface area contributed by atoms with E-state index in [0.29, 0.717) is 13.2 Å². The van der Waals surface area contributed by atoms with Crippen LogP contribution in [0.4, 0.5) is 11.6 Å². The van der Waals surface area contributed by atoms with Crippen molar-refractivity contribution in [1.29, 1.82) is 0 Å². The first-order chi connectivity index (χ1) is 9.87. The van der Waals surface area contributed by atoms with Gasteiger partial charge in [-0.15, -0.1) is 0 Å². The van der Waals surface area contributed by atoms with Crippen LogP contribution in [0.25, 0.3) is 0 Å². The molecule has 0 aliphatic carbocycles. The molecule has 0 fully saturated rings. The molecule has 1 aromatic rings. The van der Waals surface area contributed by atoms with Gasteiger partial charge < -0.3 is 19.7 Å². The van der Waals surface area contributed by atoms with E-state index in [1.807, 2.05) is 18.2 Å². The predicted octanol–water partition coefficient (Wildman–Crippen LogP) is 2.78. The van der Waals surface area contributed by atoms with Crippen molar-refractivity contribution in [3.05, 3.63) is 18.2 Å². The number of nitrogens with one attached hydrogen (secondary N) is 1. The summed E-state index contributed by atoms with van der Waals surface area (Å²) in [6.07, 6.45) is 0. The standard InChI is InChI=1S/C16H29N3O2/c1-13(12-21-6)19(10-11-20-5)15-9-7-8-14(17-15)18-16(2,3)4/h7-9,13H,10-12H2,1-6H3,(H,17,18). The summed E-state index contributed by atoms with van der Waals surface area (Å²) in [7, 11) is 3.43. The Bertz CT molecular complexity index is 418. The van der Waals surface area contributed by atoms with Gasteiger partial charge in [0.2, 0.25) is 0 Å². The maximum Gasteiger partial charge on any atom is 0.131 e. The molecule has 0 spiro atoms. The minimum absolute atomic E-state index is 0.0128. The van der Waals surface area contributed by atoms with E-state index in [-0.39, 0.29) is 11.6 Å². The van der Waals surface area contributed by atoms with Gasteiger partial charge in [0.15, 0.2) is 0 Å². The minimum atomic E-state index is -0.0128. The maximum absolute atomic E-state index is 5.27. The third-order valence-electron chi connectivity index (χ3n) is 3.01. The summed E-state index contributed by atoms with van der Waals surface area (Å²) in [6, 6.07) is 6.28. The number of aromatic nitrogens is 1. The van der Waals surface area contributed by atoms with E-state index >= 15 is 0 Å². The first-order valence-corrected chi connectivity index (χ1v) is 7.37. The Balaban J connectivity index is 2.93. The molecule has 1 unspecified atom stereocenters. The fourth-order valence-electron chi connectivity index (χ4n) is 2.12. The predicted molar refractivity (Wildman–Crippen MR) is 88.2 cm³/mol. The highest BCUT2D eigenvalue weighted by atomic mass is 16.5. The number of rotatable bonds is 8. The second-order valence-electron chi connectivity index (χ2n) is 6.25. The van der Waals surface area contributed by atoms with E-state index in [4.69, 9.17) is 14.5 Å². The SMILES string of the molecule is COCCN(c1cccc(NC(C)(C)C)n1)C(C)COC. The molecule has 0 saturated carbocycles. The molecule has 0 saturated heterocycles. The summed E-state index contributed by atoms with van der Waals surface area (Å²) in [5.74, 6) is 1.82. The molecule has 21 heavy (non-hydrogen) atoms. The Morgan fingerprint density at radius 2 is 1.95 bits per heavy atom. The molecule has 0 bridgehead atoms. The average Bonchev–Trinajstić information content (AvgIpc) is 2.38. The third-order valence-corrected chi connectivity index (χ3v) is 3.01. The van der Waals surface area contributed by atoms with Crippen molar-refractivity contribution in [2.24, 2.45) is 0 Å². The summed E-state index contributed by atoms with van der Waals surface area (Å²) < 4.78 is 10.5. The Morgan fingerprint density at radius 1 is 1.24 bits per heavy atom. The molecule has 1 rings (SSSR count). The van der Waals surface area contributed by atoms with Crippen LogP contribution in [-0.2, 0) is 9.47 Å². The Kier molecular flexibility index (Phi) is 6.92. The van der Waals surface area contributed by atoms with E-state index in [1.165, 1.54) is 0 Å². The van der Waals surface area contributed by atoms with Crippen LogP contribution in [0.5, 0.6) is 0 Å². The van der Waals surface area contributed by atoms with Gasteiger partial charge in [-0.25, -0.2) is 4.98 Å². The van der Waals surface area contributed by atoms with Gasteiger partial charge in [0.25, 0.3) is 0 Å². The van der Waals surface area contributed by atoms with Crippen molar-refractivity contribution in [2.75, 3.05) is 44.2 Å². The van der Waals surface area contributed by atoms with Gasteiger partial charge >= 0.3 is 0 Å². The zero-order valence-corrected chi connectivity index (χ0v) is 14.1. The van der Waals surface area contributed by atoms with E-state index in [1.54, 1.807) is 14.2 Å². The van der Waals surface area contributed by atoms with Gasteiger partial charge in [-0.1, -0.05) is 6.07 Å². The lowest BCUT2D eigenvalue weighted by atomic mass is 10.1. The van der Waals surface area contributed by atoms with Crippen LogP contribution in [-0.4, -0.2) is 50.5 Å². The summed E-state index contributed by atoms with van der Waals surface area (Å²) >= 11 is 0. The molecule has 0 amide bonds. The topological polar surface area (TPSA) is 46.6 Å². The lowest BCUT2D eigenvalue weighted by molar-refractivity contribution is 0.170. The minimum Gasteiger partial charge on any atom is -0.383 e. The molecular weight excluding hydrogens is 266 g/mol. The average molecular weight is 295 g/mol. The van der Waals surface area contributed by atoms with Gasteiger partial charge in [0.05, 0.1) is 19.3 Å². The number of hydrogen-bond donors (Lipinski definition) is 1. The Hall–Kier alpha value is -1.33. The lowest BCUT2D eigenvalue weighted by Gasteiger charge is -2.30. The van der Waals surface area contributed by atoms with Crippen LogP contribution in [0, 0.1) is 0 Å². The Labute approximate surface area is 128 Å². The third kappa shape index (κ3) is 6.31. The summed E-state index contributed by atoms with van der Waals surface area (Å²) in [5.41, 5.74) is -0.0128. The molecule has 5 heteroatoms. The number of hydrogen-bond acceptors (Lipinski definition) is 5. The van der Waals surface area contributed by atoms with E-state index in [2.05, 4.69) is 37.9 Å². The highest BCUT2D eigenvalue weighted by molar-refractivity contribution is 5.48. The van der Waals surface area contributed by atoms with E-state index in [9.17, 15) is 0 Å². The first kappa shape index (κ1) is 17.7. The van der Waals surface area contributed by atoms with Crippen LogP contribution in [0.3, 0.4) is 0 Å². The van der Waals surface area contributed by atoms with Crippen LogP contribution >= 0.6 is 0 Å². The normalized spacial score (nSPS) is 13.0. The molecule has 0 aromatic carbocycles. The first-order valence-electron chi connectivity index (χ1n) is 7.37. The summed E-state index contributed by atoms with van der Waals surface area (Å²) in [4.78, 5) is 6.93. The van der Waals surface area contributed by atoms with Crippen molar-refractivity contribution in [3.63, 3.8) is 0 Å². The number of pyridine rings is 1.